The third-order valence-electron chi connectivity index (χ3n) is 4.53. The lowest BCUT2D eigenvalue weighted by Gasteiger charge is -2.32. The second kappa shape index (κ2) is 7.83. The van der Waals surface area contributed by atoms with Gasteiger partial charge in [0.2, 0.25) is 0 Å². The summed E-state index contributed by atoms with van der Waals surface area (Å²) in [5.74, 6) is -0.00799. The number of carbonyl (C=O) groups is 2. The highest BCUT2D eigenvalue weighted by Crippen LogP contribution is 2.18. The maximum absolute atomic E-state index is 12.5. The molecule has 2 amide bonds. The molecular weight excluding hydrogens is 380 g/mol. The molecule has 0 unspecified atom stereocenters. The Morgan fingerprint density at radius 1 is 1.04 bits per heavy atom. The fourth-order valence-electron chi connectivity index (χ4n) is 3.01. The van der Waals surface area contributed by atoms with Crippen molar-refractivity contribution < 1.29 is 9.59 Å². The first-order valence-corrected chi connectivity index (χ1v) is 9.25. The van der Waals surface area contributed by atoms with Crippen LogP contribution in [0.2, 0.25) is 0 Å². The highest BCUT2D eigenvalue weighted by molar-refractivity contribution is 9.10. The fraction of sp³-hybridized carbons (Fsp3) is 0.300. The van der Waals surface area contributed by atoms with Crippen molar-refractivity contribution in [2.45, 2.75) is 25.8 Å². The van der Waals surface area contributed by atoms with Crippen LogP contribution in [0.15, 0.2) is 53.0 Å². The average molecular weight is 401 g/mol. The zero-order chi connectivity index (χ0) is 17.8. The van der Waals surface area contributed by atoms with Gasteiger partial charge in [0, 0.05) is 29.2 Å². The van der Waals surface area contributed by atoms with Crippen molar-refractivity contribution in [3.05, 3.63) is 69.7 Å². The number of benzene rings is 2. The minimum Gasteiger partial charge on any atom is -0.349 e. The number of amides is 2. The molecule has 1 fully saturated rings. The van der Waals surface area contributed by atoms with Gasteiger partial charge < -0.3 is 10.2 Å². The van der Waals surface area contributed by atoms with E-state index in [0.29, 0.717) is 18.7 Å². The number of nitrogens with one attached hydrogen (secondary N) is 1. The van der Waals surface area contributed by atoms with Gasteiger partial charge in [0.1, 0.15) is 0 Å². The first-order valence-electron chi connectivity index (χ1n) is 8.46. The maximum atomic E-state index is 12.5. The first kappa shape index (κ1) is 17.7. The normalized spacial score (nSPS) is 15.0. The Balaban J connectivity index is 1.55. The molecule has 2 aromatic carbocycles. The molecule has 4 nitrogen and oxygen atoms in total. The molecule has 0 radical (unpaired) electrons. The highest BCUT2D eigenvalue weighted by atomic mass is 79.9. The standard InChI is InChI=1S/C20H21BrN2O2/c1-14-6-8-15(9-7-14)20(25)23-12-10-16(11-13-23)22-19(24)17-4-2-3-5-18(17)21/h2-9,16H,10-13H2,1H3,(H,22,24). The molecule has 0 saturated carbocycles. The molecule has 0 bridgehead atoms. The van der Waals surface area contributed by atoms with Crippen LogP contribution in [0.3, 0.4) is 0 Å². The van der Waals surface area contributed by atoms with Gasteiger partial charge >= 0.3 is 0 Å². The summed E-state index contributed by atoms with van der Waals surface area (Å²) in [6.07, 6.45) is 1.54. The molecule has 0 aliphatic carbocycles. The Morgan fingerprint density at radius 2 is 1.68 bits per heavy atom. The number of hydrogen-bond donors (Lipinski definition) is 1. The van der Waals surface area contributed by atoms with E-state index < -0.39 is 0 Å². The third-order valence-corrected chi connectivity index (χ3v) is 5.23. The van der Waals surface area contributed by atoms with Crippen molar-refractivity contribution in [3.63, 3.8) is 0 Å². The van der Waals surface area contributed by atoms with E-state index in [1.165, 1.54) is 0 Å². The number of piperidine rings is 1. The number of likely N-dealkylation sites (tertiary alicyclic amines) is 1. The van der Waals surface area contributed by atoms with Gasteiger partial charge in [0.25, 0.3) is 11.8 Å². The number of carbonyl (C=O) groups excluding carboxylic acids is 2. The monoisotopic (exact) mass is 400 g/mol. The van der Waals surface area contributed by atoms with Gasteiger partial charge in [-0.05, 0) is 60.0 Å². The van der Waals surface area contributed by atoms with E-state index >= 15 is 0 Å². The molecule has 0 spiro atoms. The number of nitrogens with zero attached hydrogens (tertiary/aromatic N) is 1. The van der Waals surface area contributed by atoms with Crippen LogP contribution in [0.1, 0.15) is 39.1 Å². The fourth-order valence-corrected chi connectivity index (χ4v) is 3.48. The summed E-state index contributed by atoms with van der Waals surface area (Å²) in [6, 6.07) is 15.2. The van der Waals surface area contributed by atoms with Crippen LogP contribution in [0.5, 0.6) is 0 Å². The van der Waals surface area contributed by atoms with Crippen molar-refractivity contribution >= 4 is 27.7 Å². The lowest BCUT2D eigenvalue weighted by Crippen LogP contribution is -2.46. The zero-order valence-electron chi connectivity index (χ0n) is 14.2. The molecule has 1 aliphatic heterocycles. The summed E-state index contributed by atoms with van der Waals surface area (Å²) >= 11 is 3.41. The molecule has 3 rings (SSSR count). The second-order valence-corrected chi connectivity index (χ2v) is 7.24. The van der Waals surface area contributed by atoms with E-state index in [0.717, 1.165) is 28.4 Å². The number of aryl methyl sites for hydroxylation is 1. The molecule has 5 heteroatoms. The van der Waals surface area contributed by atoms with Crippen LogP contribution in [0, 0.1) is 6.92 Å². The molecule has 25 heavy (non-hydrogen) atoms. The Bertz CT molecular complexity index is 766. The number of hydrogen-bond acceptors (Lipinski definition) is 2. The Labute approximate surface area is 156 Å². The molecule has 2 aromatic rings. The van der Waals surface area contributed by atoms with Crippen LogP contribution < -0.4 is 5.32 Å². The van der Waals surface area contributed by atoms with E-state index in [-0.39, 0.29) is 17.9 Å². The van der Waals surface area contributed by atoms with Gasteiger partial charge in [0.15, 0.2) is 0 Å². The SMILES string of the molecule is Cc1ccc(C(=O)N2CCC(NC(=O)c3ccccc3Br)CC2)cc1. The molecule has 1 N–H and O–H groups in total. The van der Waals surface area contributed by atoms with Gasteiger partial charge in [-0.1, -0.05) is 29.8 Å². The number of rotatable bonds is 3. The summed E-state index contributed by atoms with van der Waals surface area (Å²) in [7, 11) is 0. The van der Waals surface area contributed by atoms with Gasteiger partial charge in [-0.15, -0.1) is 0 Å². The smallest absolute Gasteiger partial charge is 0.253 e. The summed E-state index contributed by atoms with van der Waals surface area (Å²) < 4.78 is 0.791. The summed E-state index contributed by atoms with van der Waals surface area (Å²) in [6.45, 7) is 3.33. The van der Waals surface area contributed by atoms with E-state index in [1.807, 2.05) is 54.3 Å². The molecular formula is C20H21BrN2O2. The van der Waals surface area contributed by atoms with Crippen LogP contribution in [0.25, 0.3) is 0 Å². The van der Waals surface area contributed by atoms with E-state index in [9.17, 15) is 9.59 Å². The van der Waals surface area contributed by atoms with Crippen LogP contribution >= 0.6 is 15.9 Å². The van der Waals surface area contributed by atoms with Gasteiger partial charge in [0.05, 0.1) is 5.56 Å². The maximum Gasteiger partial charge on any atom is 0.253 e. The zero-order valence-corrected chi connectivity index (χ0v) is 15.8. The molecule has 1 heterocycles. The Kier molecular flexibility index (Phi) is 5.53. The van der Waals surface area contributed by atoms with Crippen LogP contribution in [-0.4, -0.2) is 35.8 Å². The minimum atomic E-state index is -0.0733. The first-order chi connectivity index (χ1) is 12.0. The van der Waals surface area contributed by atoms with Crippen molar-refractivity contribution in [1.82, 2.24) is 10.2 Å². The lowest BCUT2D eigenvalue weighted by molar-refractivity contribution is 0.0698. The molecule has 1 saturated heterocycles. The summed E-state index contributed by atoms with van der Waals surface area (Å²) in [5, 5.41) is 3.08. The Hall–Kier alpha value is -2.14. The minimum absolute atomic E-state index is 0.0654. The topological polar surface area (TPSA) is 49.4 Å². The van der Waals surface area contributed by atoms with Crippen LogP contribution in [-0.2, 0) is 0 Å². The highest BCUT2D eigenvalue weighted by Gasteiger charge is 2.25. The third kappa shape index (κ3) is 4.28. The molecule has 0 atom stereocenters. The molecule has 1 aliphatic rings. The van der Waals surface area contributed by atoms with E-state index in [2.05, 4.69) is 21.2 Å². The van der Waals surface area contributed by atoms with Crippen molar-refractivity contribution in [2.75, 3.05) is 13.1 Å². The predicted molar refractivity (Wildman–Crippen MR) is 102 cm³/mol. The quantitative estimate of drug-likeness (QED) is 0.851. The largest absolute Gasteiger partial charge is 0.349 e. The summed E-state index contributed by atoms with van der Waals surface area (Å²) in [5.41, 5.74) is 2.51. The van der Waals surface area contributed by atoms with Crippen LogP contribution in [0.4, 0.5) is 0 Å². The average Bonchev–Trinajstić information content (AvgIpc) is 2.63. The number of halogens is 1. The van der Waals surface area contributed by atoms with Crippen molar-refractivity contribution in [3.8, 4) is 0 Å². The summed E-state index contributed by atoms with van der Waals surface area (Å²) in [4.78, 5) is 26.8. The van der Waals surface area contributed by atoms with E-state index in [4.69, 9.17) is 0 Å². The van der Waals surface area contributed by atoms with E-state index in [1.54, 1.807) is 6.07 Å². The molecule has 130 valence electrons. The second-order valence-electron chi connectivity index (χ2n) is 6.39. The predicted octanol–water partition coefficient (Wildman–Crippen LogP) is 3.79. The van der Waals surface area contributed by atoms with Gasteiger partial charge in [-0.25, -0.2) is 0 Å². The van der Waals surface area contributed by atoms with Crippen molar-refractivity contribution in [2.24, 2.45) is 0 Å². The van der Waals surface area contributed by atoms with Crippen molar-refractivity contribution in [1.29, 1.82) is 0 Å². The van der Waals surface area contributed by atoms with Gasteiger partial charge in [-0.2, -0.15) is 0 Å². The lowest BCUT2D eigenvalue weighted by atomic mass is 10.0. The Morgan fingerprint density at radius 3 is 2.32 bits per heavy atom. The molecule has 0 aromatic heterocycles. The van der Waals surface area contributed by atoms with Gasteiger partial charge in [-0.3, -0.25) is 9.59 Å².